The molecule has 0 bridgehead atoms. The molecule has 0 amide bonds. The van der Waals surface area contributed by atoms with Crippen molar-refractivity contribution in [2.45, 2.75) is 19.3 Å². The van der Waals surface area contributed by atoms with Crippen molar-refractivity contribution in [3.63, 3.8) is 0 Å². The van der Waals surface area contributed by atoms with Gasteiger partial charge in [0, 0.05) is 11.8 Å². The number of fused-ring (bicyclic) bond motifs is 1. The number of nitrogens with zero attached hydrogens (tertiary/aromatic N) is 1. The molecule has 0 fully saturated rings. The molecular weight excluding hydrogens is 257 g/mol. The Kier molecular flexibility index (Phi) is 3.10. The number of aromatic nitrogens is 1. The number of amidine groups is 1. The number of benzene rings is 1. The lowest BCUT2D eigenvalue weighted by molar-refractivity contribution is 0.455. The first-order valence-electron chi connectivity index (χ1n) is 6.44. The Morgan fingerprint density at radius 3 is 2.90 bits per heavy atom. The van der Waals surface area contributed by atoms with E-state index in [2.05, 4.69) is 4.98 Å². The molecule has 0 atom stereocenters. The van der Waals surface area contributed by atoms with Crippen LogP contribution in [0.4, 0.5) is 4.39 Å². The highest BCUT2D eigenvalue weighted by molar-refractivity contribution is 5.97. The van der Waals surface area contributed by atoms with Crippen LogP contribution in [0, 0.1) is 11.2 Å². The fourth-order valence-electron chi connectivity index (χ4n) is 2.37. The second-order valence-corrected chi connectivity index (χ2v) is 4.77. The summed E-state index contributed by atoms with van der Waals surface area (Å²) in [7, 11) is 0. The van der Waals surface area contributed by atoms with Crippen molar-refractivity contribution in [1.82, 2.24) is 4.98 Å². The van der Waals surface area contributed by atoms with Crippen LogP contribution < -0.4 is 10.5 Å². The van der Waals surface area contributed by atoms with Crippen molar-refractivity contribution in [2.75, 3.05) is 0 Å². The summed E-state index contributed by atoms with van der Waals surface area (Å²) in [5.74, 6) is 0.133. The van der Waals surface area contributed by atoms with Gasteiger partial charge in [-0.1, -0.05) is 6.07 Å². The van der Waals surface area contributed by atoms with Crippen LogP contribution >= 0.6 is 0 Å². The molecule has 4 nitrogen and oxygen atoms in total. The van der Waals surface area contributed by atoms with Crippen molar-refractivity contribution in [1.29, 1.82) is 5.41 Å². The maximum atomic E-state index is 13.2. The Balaban J connectivity index is 2.01. The number of nitrogen functional groups attached to an aromatic ring is 1. The standard InChI is InChI=1S/C15H14FN3O/c16-10-4-2-5-11(8-10)20-15-12(14(17)18)7-9-3-1-6-13(9)19-15/h2,4-5,7-8H,1,3,6H2,(H3,17,18). The third-order valence-corrected chi connectivity index (χ3v) is 3.32. The van der Waals surface area contributed by atoms with E-state index in [0.29, 0.717) is 11.3 Å². The first-order valence-corrected chi connectivity index (χ1v) is 6.44. The molecule has 0 aliphatic heterocycles. The van der Waals surface area contributed by atoms with Gasteiger partial charge in [-0.15, -0.1) is 0 Å². The Bertz CT molecular complexity index is 685. The summed E-state index contributed by atoms with van der Waals surface area (Å²) in [5, 5.41) is 7.63. The van der Waals surface area contributed by atoms with E-state index in [9.17, 15) is 4.39 Å². The second-order valence-electron chi connectivity index (χ2n) is 4.77. The van der Waals surface area contributed by atoms with E-state index in [1.54, 1.807) is 12.1 Å². The molecule has 1 aromatic carbocycles. The Morgan fingerprint density at radius 2 is 2.15 bits per heavy atom. The van der Waals surface area contributed by atoms with E-state index in [-0.39, 0.29) is 17.5 Å². The lowest BCUT2D eigenvalue weighted by Crippen LogP contribution is -2.14. The molecule has 0 radical (unpaired) electrons. The topological polar surface area (TPSA) is 72.0 Å². The number of nitrogens with two attached hydrogens (primary N) is 1. The van der Waals surface area contributed by atoms with Crippen LogP contribution in [0.25, 0.3) is 0 Å². The molecule has 1 aliphatic carbocycles. The van der Waals surface area contributed by atoms with Crippen LogP contribution in [0.5, 0.6) is 11.6 Å². The largest absolute Gasteiger partial charge is 0.438 e. The van der Waals surface area contributed by atoms with Crippen LogP contribution in [-0.2, 0) is 12.8 Å². The minimum Gasteiger partial charge on any atom is -0.438 e. The first-order chi connectivity index (χ1) is 9.63. The SMILES string of the molecule is N=C(N)c1cc2c(nc1Oc1cccc(F)c1)CCC2. The maximum absolute atomic E-state index is 13.2. The molecule has 20 heavy (non-hydrogen) atoms. The average molecular weight is 271 g/mol. The highest BCUT2D eigenvalue weighted by Gasteiger charge is 2.19. The predicted octanol–water partition coefficient (Wildman–Crippen LogP) is 2.79. The minimum atomic E-state index is -0.381. The third kappa shape index (κ3) is 2.34. The molecule has 2 aromatic rings. The first kappa shape index (κ1) is 12.6. The van der Waals surface area contributed by atoms with Crippen molar-refractivity contribution in [3.05, 3.63) is 53.0 Å². The van der Waals surface area contributed by atoms with Crippen LogP contribution in [-0.4, -0.2) is 10.8 Å². The van der Waals surface area contributed by atoms with E-state index in [4.69, 9.17) is 15.9 Å². The summed E-state index contributed by atoms with van der Waals surface area (Å²) in [6.07, 6.45) is 2.89. The fraction of sp³-hybridized carbons (Fsp3) is 0.200. The molecule has 0 unspecified atom stereocenters. The van der Waals surface area contributed by atoms with Crippen molar-refractivity contribution < 1.29 is 9.13 Å². The molecule has 102 valence electrons. The Morgan fingerprint density at radius 1 is 1.30 bits per heavy atom. The Hall–Kier alpha value is -2.43. The number of hydrogen-bond donors (Lipinski definition) is 2. The Labute approximate surface area is 115 Å². The summed E-state index contributed by atoms with van der Waals surface area (Å²) < 4.78 is 18.8. The normalized spacial score (nSPS) is 13.1. The van der Waals surface area contributed by atoms with Crippen LogP contribution in [0.15, 0.2) is 30.3 Å². The molecule has 0 spiro atoms. The second kappa shape index (κ2) is 4.92. The zero-order valence-electron chi connectivity index (χ0n) is 10.8. The number of nitrogens with one attached hydrogen (secondary N) is 1. The number of aryl methyl sites for hydroxylation is 2. The molecule has 3 rings (SSSR count). The molecule has 1 aromatic heterocycles. The van der Waals surface area contributed by atoms with Crippen LogP contribution in [0.2, 0.25) is 0 Å². The molecule has 1 heterocycles. The van der Waals surface area contributed by atoms with Gasteiger partial charge in [0.25, 0.3) is 0 Å². The van der Waals surface area contributed by atoms with Gasteiger partial charge >= 0.3 is 0 Å². The lowest BCUT2D eigenvalue weighted by Gasteiger charge is -2.11. The van der Waals surface area contributed by atoms with Gasteiger partial charge < -0.3 is 10.5 Å². The monoisotopic (exact) mass is 271 g/mol. The zero-order chi connectivity index (χ0) is 14.1. The smallest absolute Gasteiger partial charge is 0.230 e. The lowest BCUT2D eigenvalue weighted by atomic mass is 10.1. The summed E-state index contributed by atoms with van der Waals surface area (Å²) in [6.45, 7) is 0. The summed E-state index contributed by atoms with van der Waals surface area (Å²) in [6, 6.07) is 7.67. The van der Waals surface area contributed by atoms with Gasteiger partial charge in [-0.05, 0) is 43.0 Å². The molecule has 0 saturated heterocycles. The summed E-state index contributed by atoms with van der Waals surface area (Å²) >= 11 is 0. The maximum Gasteiger partial charge on any atom is 0.230 e. The number of halogens is 1. The molecular formula is C15H14FN3O. The van der Waals surface area contributed by atoms with E-state index in [1.807, 2.05) is 6.07 Å². The average Bonchev–Trinajstić information content (AvgIpc) is 2.84. The number of ether oxygens (including phenoxy) is 1. The van der Waals surface area contributed by atoms with E-state index in [0.717, 1.165) is 30.5 Å². The van der Waals surface area contributed by atoms with Crippen molar-refractivity contribution >= 4 is 5.84 Å². The van der Waals surface area contributed by atoms with Gasteiger partial charge in [0.05, 0.1) is 5.56 Å². The van der Waals surface area contributed by atoms with Crippen LogP contribution in [0.1, 0.15) is 23.2 Å². The predicted molar refractivity (Wildman–Crippen MR) is 73.8 cm³/mol. The van der Waals surface area contributed by atoms with Crippen molar-refractivity contribution in [3.8, 4) is 11.6 Å². The van der Waals surface area contributed by atoms with Gasteiger partial charge in [-0.2, -0.15) is 0 Å². The van der Waals surface area contributed by atoms with Crippen molar-refractivity contribution in [2.24, 2.45) is 5.73 Å². The molecule has 5 heteroatoms. The zero-order valence-corrected chi connectivity index (χ0v) is 10.8. The van der Waals surface area contributed by atoms with Gasteiger partial charge in [0.15, 0.2) is 0 Å². The molecule has 1 aliphatic rings. The van der Waals surface area contributed by atoms with Gasteiger partial charge in [0.2, 0.25) is 5.88 Å². The summed E-state index contributed by atoms with van der Waals surface area (Å²) in [5.41, 5.74) is 8.12. The van der Waals surface area contributed by atoms with Crippen LogP contribution in [0.3, 0.4) is 0 Å². The number of rotatable bonds is 3. The van der Waals surface area contributed by atoms with E-state index in [1.165, 1.54) is 12.1 Å². The fourth-order valence-corrected chi connectivity index (χ4v) is 2.37. The van der Waals surface area contributed by atoms with Gasteiger partial charge in [-0.3, -0.25) is 5.41 Å². The van der Waals surface area contributed by atoms with Gasteiger partial charge in [-0.25, -0.2) is 9.37 Å². The number of hydrogen-bond acceptors (Lipinski definition) is 3. The molecule has 3 N–H and O–H groups in total. The van der Waals surface area contributed by atoms with E-state index >= 15 is 0 Å². The third-order valence-electron chi connectivity index (χ3n) is 3.32. The highest BCUT2D eigenvalue weighted by Crippen LogP contribution is 2.29. The summed E-state index contributed by atoms with van der Waals surface area (Å²) in [4.78, 5) is 4.43. The quantitative estimate of drug-likeness (QED) is 0.666. The number of pyridine rings is 1. The van der Waals surface area contributed by atoms with Gasteiger partial charge in [0.1, 0.15) is 17.4 Å². The highest BCUT2D eigenvalue weighted by atomic mass is 19.1. The van der Waals surface area contributed by atoms with E-state index < -0.39 is 0 Å². The minimum absolute atomic E-state index is 0.0985. The molecule has 0 saturated carbocycles.